The van der Waals surface area contributed by atoms with Crippen LogP contribution in [0, 0.1) is 5.41 Å². The second kappa shape index (κ2) is 5.09. The molecular weight excluding hydrogens is 204 g/mol. The summed E-state index contributed by atoms with van der Waals surface area (Å²) in [5.41, 5.74) is 0.436. The van der Waals surface area contributed by atoms with Crippen LogP contribution in [0.15, 0.2) is 6.20 Å². The number of carbonyl (C=O) groups is 1. The van der Waals surface area contributed by atoms with E-state index in [2.05, 4.69) is 22.6 Å². The van der Waals surface area contributed by atoms with Crippen molar-refractivity contribution in [3.05, 3.63) is 11.9 Å². The SMILES string of the molecule is CCCn1cc(CNC(=O)C(C)(C)C)nn1. The van der Waals surface area contributed by atoms with E-state index in [1.54, 1.807) is 4.68 Å². The van der Waals surface area contributed by atoms with E-state index in [-0.39, 0.29) is 11.3 Å². The molecule has 0 spiro atoms. The summed E-state index contributed by atoms with van der Waals surface area (Å²) >= 11 is 0. The van der Waals surface area contributed by atoms with Gasteiger partial charge in [0.1, 0.15) is 5.69 Å². The maximum atomic E-state index is 11.6. The first-order valence-electron chi connectivity index (χ1n) is 5.61. The van der Waals surface area contributed by atoms with Gasteiger partial charge in [0, 0.05) is 12.0 Å². The number of nitrogens with one attached hydrogen (secondary N) is 1. The van der Waals surface area contributed by atoms with Gasteiger partial charge in [-0.05, 0) is 6.42 Å². The third-order valence-corrected chi connectivity index (χ3v) is 2.15. The Morgan fingerprint density at radius 2 is 2.19 bits per heavy atom. The maximum absolute atomic E-state index is 11.6. The van der Waals surface area contributed by atoms with E-state index in [4.69, 9.17) is 0 Å². The molecule has 1 N–H and O–H groups in total. The standard InChI is InChI=1S/C11H20N4O/c1-5-6-15-8-9(13-14-15)7-12-10(16)11(2,3)4/h8H,5-7H2,1-4H3,(H,12,16). The molecule has 0 fully saturated rings. The molecule has 0 saturated carbocycles. The Kier molecular flexibility index (Phi) is 4.04. The lowest BCUT2D eigenvalue weighted by atomic mass is 9.96. The first-order valence-corrected chi connectivity index (χ1v) is 5.61. The van der Waals surface area contributed by atoms with E-state index < -0.39 is 0 Å². The van der Waals surface area contributed by atoms with Crippen LogP contribution in [0.4, 0.5) is 0 Å². The summed E-state index contributed by atoms with van der Waals surface area (Å²) < 4.78 is 1.79. The van der Waals surface area contributed by atoms with Crippen LogP contribution in [0.3, 0.4) is 0 Å². The summed E-state index contributed by atoms with van der Waals surface area (Å²) in [6.45, 7) is 9.05. The van der Waals surface area contributed by atoms with E-state index in [9.17, 15) is 4.79 Å². The summed E-state index contributed by atoms with van der Waals surface area (Å²) in [7, 11) is 0. The molecule has 1 heterocycles. The Bertz CT molecular complexity index is 351. The Labute approximate surface area is 96.2 Å². The normalized spacial score (nSPS) is 11.5. The van der Waals surface area contributed by atoms with Crippen molar-refractivity contribution in [3.63, 3.8) is 0 Å². The minimum atomic E-state index is -0.362. The highest BCUT2D eigenvalue weighted by atomic mass is 16.2. The number of nitrogens with zero attached hydrogens (tertiary/aromatic N) is 3. The molecule has 0 bridgehead atoms. The Balaban J connectivity index is 2.45. The van der Waals surface area contributed by atoms with Gasteiger partial charge in [-0.1, -0.05) is 32.9 Å². The molecule has 1 aromatic heterocycles. The second-order valence-corrected chi connectivity index (χ2v) is 4.91. The van der Waals surface area contributed by atoms with Gasteiger partial charge in [0.25, 0.3) is 0 Å². The van der Waals surface area contributed by atoms with Crippen molar-refractivity contribution >= 4 is 5.91 Å². The van der Waals surface area contributed by atoms with Gasteiger partial charge < -0.3 is 5.32 Å². The van der Waals surface area contributed by atoms with Gasteiger partial charge in [-0.25, -0.2) is 0 Å². The zero-order chi connectivity index (χ0) is 12.2. The highest BCUT2D eigenvalue weighted by Crippen LogP contribution is 2.12. The molecule has 16 heavy (non-hydrogen) atoms. The molecule has 0 radical (unpaired) electrons. The summed E-state index contributed by atoms with van der Waals surface area (Å²) in [5.74, 6) is 0.0255. The second-order valence-electron chi connectivity index (χ2n) is 4.91. The largest absolute Gasteiger partial charge is 0.350 e. The average Bonchev–Trinajstić information content (AvgIpc) is 2.61. The van der Waals surface area contributed by atoms with Crippen LogP contribution in [0.1, 0.15) is 39.8 Å². The average molecular weight is 224 g/mol. The number of hydrogen-bond donors (Lipinski definition) is 1. The monoisotopic (exact) mass is 224 g/mol. The van der Waals surface area contributed by atoms with E-state index in [1.807, 2.05) is 27.0 Å². The van der Waals surface area contributed by atoms with Crippen LogP contribution in [0.25, 0.3) is 0 Å². The Morgan fingerprint density at radius 3 is 2.75 bits per heavy atom. The highest BCUT2D eigenvalue weighted by Gasteiger charge is 2.20. The van der Waals surface area contributed by atoms with Crippen molar-refractivity contribution in [2.45, 2.75) is 47.2 Å². The van der Waals surface area contributed by atoms with Crippen LogP contribution >= 0.6 is 0 Å². The molecule has 0 unspecified atom stereocenters. The molecule has 1 aromatic rings. The molecule has 0 aliphatic heterocycles. The fourth-order valence-corrected chi connectivity index (χ4v) is 1.19. The smallest absolute Gasteiger partial charge is 0.225 e. The van der Waals surface area contributed by atoms with Crippen LogP contribution < -0.4 is 5.32 Å². The topological polar surface area (TPSA) is 59.8 Å². The van der Waals surface area contributed by atoms with Gasteiger partial charge in [0.05, 0.1) is 12.7 Å². The van der Waals surface area contributed by atoms with Gasteiger partial charge in [-0.2, -0.15) is 0 Å². The van der Waals surface area contributed by atoms with E-state index >= 15 is 0 Å². The third-order valence-electron chi connectivity index (χ3n) is 2.15. The van der Waals surface area contributed by atoms with Gasteiger partial charge >= 0.3 is 0 Å². The summed E-state index contributed by atoms with van der Waals surface area (Å²) in [4.78, 5) is 11.6. The van der Waals surface area contributed by atoms with E-state index in [0.717, 1.165) is 18.7 Å². The summed E-state index contributed by atoms with van der Waals surface area (Å²) in [5, 5.41) is 10.8. The molecule has 0 saturated heterocycles. The Hall–Kier alpha value is -1.39. The summed E-state index contributed by atoms with van der Waals surface area (Å²) in [6.07, 6.45) is 2.89. The maximum Gasteiger partial charge on any atom is 0.225 e. The number of hydrogen-bond acceptors (Lipinski definition) is 3. The molecule has 0 atom stereocenters. The molecule has 90 valence electrons. The van der Waals surface area contributed by atoms with Crippen molar-refractivity contribution in [3.8, 4) is 0 Å². The van der Waals surface area contributed by atoms with Crippen LogP contribution in [0.5, 0.6) is 0 Å². The van der Waals surface area contributed by atoms with Gasteiger partial charge in [-0.3, -0.25) is 9.48 Å². The molecule has 5 heteroatoms. The minimum absolute atomic E-state index is 0.0255. The third kappa shape index (κ3) is 3.64. The molecular formula is C11H20N4O. The van der Waals surface area contributed by atoms with Crippen LogP contribution in [0.2, 0.25) is 0 Å². The predicted octanol–water partition coefficient (Wildman–Crippen LogP) is 1.35. The summed E-state index contributed by atoms with van der Waals surface area (Å²) in [6, 6.07) is 0. The molecule has 0 aliphatic carbocycles. The number of aryl methyl sites for hydroxylation is 1. The van der Waals surface area contributed by atoms with Crippen LogP contribution in [-0.4, -0.2) is 20.9 Å². The quantitative estimate of drug-likeness (QED) is 0.839. The van der Waals surface area contributed by atoms with Crippen LogP contribution in [-0.2, 0) is 17.9 Å². The number of carbonyl (C=O) groups excluding carboxylic acids is 1. The minimum Gasteiger partial charge on any atom is -0.350 e. The molecule has 0 aromatic carbocycles. The molecule has 1 rings (SSSR count). The first kappa shape index (κ1) is 12.7. The van der Waals surface area contributed by atoms with Gasteiger partial charge in [0.2, 0.25) is 5.91 Å². The van der Waals surface area contributed by atoms with E-state index in [0.29, 0.717) is 6.54 Å². The zero-order valence-corrected chi connectivity index (χ0v) is 10.4. The lowest BCUT2D eigenvalue weighted by molar-refractivity contribution is -0.128. The van der Waals surface area contributed by atoms with Crippen molar-refractivity contribution in [2.75, 3.05) is 0 Å². The van der Waals surface area contributed by atoms with Gasteiger partial charge in [-0.15, -0.1) is 5.10 Å². The number of rotatable bonds is 4. The number of amides is 1. The van der Waals surface area contributed by atoms with E-state index in [1.165, 1.54) is 0 Å². The lowest BCUT2D eigenvalue weighted by Gasteiger charge is -2.16. The van der Waals surface area contributed by atoms with Crippen molar-refractivity contribution in [1.29, 1.82) is 0 Å². The van der Waals surface area contributed by atoms with Gasteiger partial charge in [0.15, 0.2) is 0 Å². The fourth-order valence-electron chi connectivity index (χ4n) is 1.19. The van der Waals surface area contributed by atoms with Crippen molar-refractivity contribution in [1.82, 2.24) is 20.3 Å². The van der Waals surface area contributed by atoms with Crippen molar-refractivity contribution < 1.29 is 4.79 Å². The molecule has 1 amide bonds. The predicted molar refractivity (Wildman–Crippen MR) is 61.6 cm³/mol. The molecule has 0 aliphatic rings. The highest BCUT2D eigenvalue weighted by molar-refractivity contribution is 5.81. The fraction of sp³-hybridized carbons (Fsp3) is 0.727. The molecule has 5 nitrogen and oxygen atoms in total. The Morgan fingerprint density at radius 1 is 1.50 bits per heavy atom. The first-order chi connectivity index (χ1) is 7.43. The lowest BCUT2D eigenvalue weighted by Crippen LogP contribution is -2.34. The number of aromatic nitrogens is 3. The van der Waals surface area contributed by atoms with Crippen molar-refractivity contribution in [2.24, 2.45) is 5.41 Å². The zero-order valence-electron chi connectivity index (χ0n) is 10.4.